The Morgan fingerprint density at radius 2 is 1.60 bits per heavy atom. The molecule has 1 unspecified atom stereocenters. The van der Waals surface area contributed by atoms with Crippen molar-refractivity contribution in [3.05, 3.63) is 75.2 Å². The lowest BCUT2D eigenvalue weighted by atomic mass is 9.72. The molecule has 1 N–H and O–H groups in total. The summed E-state index contributed by atoms with van der Waals surface area (Å²) in [7, 11) is 6.93. The average molecular weight is 775 g/mol. The van der Waals surface area contributed by atoms with Crippen molar-refractivity contribution in [1.29, 1.82) is 0 Å². The topological polar surface area (TPSA) is 136 Å². The van der Waals surface area contributed by atoms with Crippen LogP contribution in [0.3, 0.4) is 0 Å². The van der Waals surface area contributed by atoms with Crippen LogP contribution < -0.4 is 35.8 Å². The van der Waals surface area contributed by atoms with Crippen LogP contribution in [0.2, 0.25) is 0 Å². The number of pyridine rings is 2. The maximum Gasteiger partial charge on any atom is 0.329 e. The second kappa shape index (κ2) is 14.4. The van der Waals surface area contributed by atoms with Crippen LogP contribution in [0.5, 0.6) is 11.5 Å². The predicted octanol–water partition coefficient (Wildman–Crippen LogP) is 4.34. The first-order chi connectivity index (χ1) is 27.6. The Labute approximate surface area is 330 Å². The molecule has 4 saturated heterocycles. The standard InChI is InChI=1S/C43H50N8O6/c1-46-24-31(29-22-38(50-15-6-16-50)44-23-30(29)41(46)54)27-19-36(56-3)32(37(20-27)57-4)25-48-14-5-11-43(26-48)12-17-49(18-13-43)28-7-8-33-35(21-28)47(2)42(55)51(33)34-9-10-39(52)45-40(34)53/h7-8,19-24,34H,5-6,9-18,25-26H2,1-4H3,(H,45,52,53). The number of carbonyl (C=O) groups excluding carboxylic acids is 2. The highest BCUT2D eigenvalue weighted by molar-refractivity contribution is 6.00. The number of imide groups is 1. The summed E-state index contributed by atoms with van der Waals surface area (Å²) in [5.74, 6) is 1.68. The summed E-state index contributed by atoms with van der Waals surface area (Å²) in [5, 5.41) is 3.84. The number of carbonyl (C=O) groups is 2. The van der Waals surface area contributed by atoms with Crippen LogP contribution in [-0.4, -0.2) is 88.9 Å². The molecular formula is C43H50N8O6. The molecule has 5 aromatic rings. The number of imidazole rings is 1. The zero-order valence-corrected chi connectivity index (χ0v) is 33.2. The molecule has 9 rings (SSSR count). The molecule has 298 valence electrons. The number of hydrogen-bond donors (Lipinski definition) is 1. The lowest BCUT2D eigenvalue weighted by Crippen LogP contribution is -2.49. The van der Waals surface area contributed by atoms with Crippen molar-refractivity contribution >= 4 is 45.1 Å². The first-order valence-corrected chi connectivity index (χ1v) is 20.1. The van der Waals surface area contributed by atoms with Gasteiger partial charge in [0.1, 0.15) is 23.4 Å². The van der Waals surface area contributed by atoms with Gasteiger partial charge in [-0.3, -0.25) is 33.7 Å². The number of nitrogens with one attached hydrogen (secondary N) is 1. The van der Waals surface area contributed by atoms with Gasteiger partial charge in [-0.25, -0.2) is 9.78 Å². The Bertz CT molecular complexity index is 2520. The monoisotopic (exact) mass is 774 g/mol. The summed E-state index contributed by atoms with van der Waals surface area (Å²) in [5.41, 5.74) is 5.26. The number of anilines is 2. The number of fused-ring (bicyclic) bond motifs is 2. The Kier molecular flexibility index (Phi) is 9.33. The molecular weight excluding hydrogens is 725 g/mol. The van der Waals surface area contributed by atoms with Crippen molar-refractivity contribution in [3.63, 3.8) is 0 Å². The van der Waals surface area contributed by atoms with Gasteiger partial charge < -0.3 is 23.8 Å². The summed E-state index contributed by atoms with van der Waals surface area (Å²) >= 11 is 0. The second-order valence-electron chi connectivity index (χ2n) is 16.4. The minimum absolute atomic E-state index is 0.0773. The Morgan fingerprint density at radius 1 is 0.842 bits per heavy atom. The first kappa shape index (κ1) is 37.0. The minimum Gasteiger partial charge on any atom is -0.496 e. The lowest BCUT2D eigenvalue weighted by Gasteiger charge is -2.48. The maximum atomic E-state index is 13.4. The van der Waals surface area contributed by atoms with Crippen LogP contribution in [0.4, 0.5) is 11.5 Å². The van der Waals surface area contributed by atoms with Crippen molar-refractivity contribution < 1.29 is 19.1 Å². The number of hydrogen-bond acceptors (Lipinski definition) is 10. The zero-order chi connectivity index (χ0) is 39.6. The minimum atomic E-state index is -0.700. The fourth-order valence-electron chi connectivity index (χ4n) is 9.69. The molecule has 3 aromatic heterocycles. The second-order valence-corrected chi connectivity index (χ2v) is 16.4. The van der Waals surface area contributed by atoms with Crippen molar-refractivity contribution in [2.45, 2.75) is 57.5 Å². The number of aryl methyl sites for hydroxylation is 2. The van der Waals surface area contributed by atoms with Gasteiger partial charge in [0, 0.05) is 88.8 Å². The van der Waals surface area contributed by atoms with E-state index in [9.17, 15) is 19.2 Å². The van der Waals surface area contributed by atoms with E-state index in [-0.39, 0.29) is 29.0 Å². The molecule has 57 heavy (non-hydrogen) atoms. The number of likely N-dealkylation sites (tertiary alicyclic amines) is 1. The predicted molar refractivity (Wildman–Crippen MR) is 219 cm³/mol. The van der Waals surface area contributed by atoms with E-state index in [0.717, 1.165) is 116 Å². The average Bonchev–Trinajstić information content (AvgIpc) is 3.44. The van der Waals surface area contributed by atoms with E-state index < -0.39 is 11.9 Å². The molecule has 14 heteroatoms. The van der Waals surface area contributed by atoms with Crippen molar-refractivity contribution in [3.8, 4) is 22.6 Å². The third kappa shape index (κ3) is 6.43. The van der Waals surface area contributed by atoms with Crippen LogP contribution in [0.1, 0.15) is 56.6 Å². The quantitative estimate of drug-likeness (QED) is 0.227. The van der Waals surface area contributed by atoms with Gasteiger partial charge in [-0.15, -0.1) is 0 Å². The number of aromatic nitrogens is 4. The van der Waals surface area contributed by atoms with Crippen molar-refractivity contribution in [1.82, 2.24) is 28.9 Å². The normalized spacial score (nSPS) is 20.0. The first-order valence-electron chi connectivity index (χ1n) is 20.1. The van der Waals surface area contributed by atoms with E-state index in [4.69, 9.17) is 9.47 Å². The number of methoxy groups -OCH3 is 2. The van der Waals surface area contributed by atoms with Crippen LogP contribution in [-0.2, 0) is 30.2 Å². The van der Waals surface area contributed by atoms with Gasteiger partial charge in [-0.2, -0.15) is 0 Å². The lowest BCUT2D eigenvalue weighted by molar-refractivity contribution is -0.135. The van der Waals surface area contributed by atoms with E-state index in [1.54, 1.807) is 43.6 Å². The molecule has 4 aliphatic rings. The fraction of sp³-hybridized carbons (Fsp3) is 0.465. The summed E-state index contributed by atoms with van der Waals surface area (Å²) in [4.78, 5) is 62.8. The fourth-order valence-corrected chi connectivity index (χ4v) is 9.69. The van der Waals surface area contributed by atoms with Gasteiger partial charge >= 0.3 is 5.69 Å². The van der Waals surface area contributed by atoms with Gasteiger partial charge in [0.2, 0.25) is 11.8 Å². The zero-order valence-electron chi connectivity index (χ0n) is 33.2. The highest BCUT2D eigenvalue weighted by Crippen LogP contribution is 2.44. The van der Waals surface area contributed by atoms with E-state index >= 15 is 0 Å². The maximum absolute atomic E-state index is 13.4. The molecule has 7 heterocycles. The molecule has 4 aliphatic heterocycles. The van der Waals surface area contributed by atoms with Crippen molar-refractivity contribution in [2.75, 3.05) is 63.3 Å². The van der Waals surface area contributed by atoms with Gasteiger partial charge in [0.25, 0.3) is 5.56 Å². The molecule has 14 nitrogen and oxygen atoms in total. The Balaban J connectivity index is 0.932. The Hall–Kier alpha value is -5.63. The van der Waals surface area contributed by atoms with E-state index in [2.05, 4.69) is 49.3 Å². The molecule has 0 radical (unpaired) electrons. The van der Waals surface area contributed by atoms with Crippen molar-refractivity contribution in [2.24, 2.45) is 19.5 Å². The third-order valence-corrected chi connectivity index (χ3v) is 13.1. The molecule has 2 amide bonds. The molecule has 0 bridgehead atoms. The van der Waals surface area contributed by atoms with Gasteiger partial charge in [-0.1, -0.05) is 0 Å². The molecule has 4 fully saturated rings. The molecule has 0 aliphatic carbocycles. The number of ether oxygens (including phenoxy) is 2. The summed E-state index contributed by atoms with van der Waals surface area (Å²) in [6.45, 7) is 6.42. The SMILES string of the molecule is COc1cc(-c2cn(C)c(=O)c3cnc(N4CCC4)cc23)cc(OC)c1CN1CCCC2(CCN(c3ccc4c(c3)n(C)c(=O)n4C3CCC(=O)NC3=O)CC2)C1. The van der Waals surface area contributed by atoms with E-state index in [0.29, 0.717) is 23.9 Å². The van der Waals surface area contributed by atoms with E-state index in [1.807, 2.05) is 18.3 Å². The number of rotatable bonds is 8. The number of piperidine rings is 3. The highest BCUT2D eigenvalue weighted by Gasteiger charge is 2.39. The number of amides is 2. The molecule has 0 saturated carbocycles. The van der Waals surface area contributed by atoms with Crippen LogP contribution >= 0.6 is 0 Å². The smallest absolute Gasteiger partial charge is 0.329 e. The molecule has 1 spiro atoms. The molecule has 1 atom stereocenters. The summed E-state index contributed by atoms with van der Waals surface area (Å²) in [6.07, 6.45) is 9.68. The number of nitrogens with zero attached hydrogens (tertiary/aromatic N) is 7. The highest BCUT2D eigenvalue weighted by atomic mass is 16.5. The largest absolute Gasteiger partial charge is 0.496 e. The van der Waals surface area contributed by atoms with Crippen LogP contribution in [0.15, 0.2) is 58.4 Å². The molecule has 2 aromatic carbocycles. The number of benzene rings is 2. The van der Waals surface area contributed by atoms with E-state index in [1.165, 1.54) is 11.0 Å². The Morgan fingerprint density at radius 3 is 2.28 bits per heavy atom. The van der Waals surface area contributed by atoms with Gasteiger partial charge in [0.15, 0.2) is 0 Å². The summed E-state index contributed by atoms with van der Waals surface area (Å²) in [6, 6.07) is 11.5. The van der Waals surface area contributed by atoms with Crippen LogP contribution in [0.25, 0.3) is 32.9 Å². The van der Waals surface area contributed by atoms with Crippen LogP contribution in [0, 0.1) is 5.41 Å². The summed E-state index contributed by atoms with van der Waals surface area (Å²) < 4.78 is 16.9. The van der Waals surface area contributed by atoms with Gasteiger partial charge in [-0.05, 0) is 92.4 Å². The third-order valence-electron chi connectivity index (χ3n) is 13.1. The van der Waals surface area contributed by atoms with Gasteiger partial charge in [0.05, 0.1) is 36.2 Å².